The van der Waals surface area contributed by atoms with Gasteiger partial charge in [0.1, 0.15) is 11.4 Å². The van der Waals surface area contributed by atoms with Crippen molar-refractivity contribution in [2.45, 2.75) is 0 Å². The lowest BCUT2D eigenvalue weighted by Gasteiger charge is -1.89. The third-order valence-electron chi connectivity index (χ3n) is 3.97. The van der Waals surface area contributed by atoms with Gasteiger partial charge in [0.2, 0.25) is 0 Å². The molecule has 0 radical (unpaired) electrons. The van der Waals surface area contributed by atoms with Crippen LogP contribution in [-0.2, 0) is 0 Å². The molecule has 0 aliphatic heterocycles. The second kappa shape index (κ2) is 7.49. The highest BCUT2D eigenvalue weighted by molar-refractivity contribution is 5.72. The molecule has 2 aromatic heterocycles. The topological polar surface area (TPSA) is 57.4 Å². The Morgan fingerprint density at radius 3 is 1.38 bits per heavy atom. The van der Waals surface area contributed by atoms with E-state index in [0.29, 0.717) is 0 Å². The summed E-state index contributed by atoms with van der Waals surface area (Å²) in [5.41, 5.74) is 5.80. The van der Waals surface area contributed by atoms with Crippen molar-refractivity contribution in [1.29, 1.82) is 0 Å². The molecule has 0 aliphatic rings. The van der Waals surface area contributed by atoms with Crippen molar-refractivity contribution < 1.29 is 0 Å². The molecule has 0 saturated carbocycles. The number of aromatic amines is 2. The van der Waals surface area contributed by atoms with Gasteiger partial charge in [-0.1, -0.05) is 72.8 Å². The van der Waals surface area contributed by atoms with Crippen LogP contribution in [0.25, 0.3) is 35.7 Å². The summed E-state index contributed by atoms with van der Waals surface area (Å²) in [5, 5.41) is 14.8. The standard InChI is InChI=1S/C22H18N4/c1-3-7-17(8-4-1)11-13-19-15-21(25-23-19)22-16-20(24-26-22)14-12-18-9-5-2-6-10-18/h1-16H,(H,23,25)(H,24,26)/b13-11-,14-12-. The molecular weight excluding hydrogens is 320 g/mol. The number of H-pyrrole nitrogens is 2. The van der Waals surface area contributed by atoms with Crippen LogP contribution < -0.4 is 0 Å². The number of aromatic nitrogens is 4. The monoisotopic (exact) mass is 338 g/mol. The molecule has 0 unspecified atom stereocenters. The van der Waals surface area contributed by atoms with E-state index in [4.69, 9.17) is 0 Å². The molecule has 0 fully saturated rings. The van der Waals surface area contributed by atoms with E-state index in [2.05, 4.69) is 56.8 Å². The van der Waals surface area contributed by atoms with Crippen molar-refractivity contribution >= 4 is 24.3 Å². The summed E-state index contributed by atoms with van der Waals surface area (Å²) in [4.78, 5) is 0. The summed E-state index contributed by atoms with van der Waals surface area (Å²) in [5.74, 6) is 0. The van der Waals surface area contributed by atoms with Crippen LogP contribution in [0.4, 0.5) is 0 Å². The van der Waals surface area contributed by atoms with Gasteiger partial charge in [-0.3, -0.25) is 10.2 Å². The molecule has 4 aromatic rings. The summed E-state index contributed by atoms with van der Waals surface area (Å²) < 4.78 is 0. The van der Waals surface area contributed by atoms with Gasteiger partial charge >= 0.3 is 0 Å². The average molecular weight is 338 g/mol. The van der Waals surface area contributed by atoms with E-state index in [-0.39, 0.29) is 0 Å². The molecule has 0 saturated heterocycles. The molecule has 4 nitrogen and oxygen atoms in total. The Bertz CT molecular complexity index is 938. The Morgan fingerprint density at radius 1 is 0.538 bits per heavy atom. The van der Waals surface area contributed by atoms with Crippen LogP contribution >= 0.6 is 0 Å². The Balaban J connectivity index is 1.47. The molecule has 126 valence electrons. The van der Waals surface area contributed by atoms with E-state index < -0.39 is 0 Å². The number of rotatable bonds is 5. The number of hydrogen-bond donors (Lipinski definition) is 2. The Morgan fingerprint density at radius 2 is 0.962 bits per heavy atom. The quantitative estimate of drug-likeness (QED) is 0.529. The Hall–Kier alpha value is -3.66. The number of nitrogens with zero attached hydrogens (tertiary/aromatic N) is 2. The minimum absolute atomic E-state index is 0.813. The maximum Gasteiger partial charge on any atom is 0.113 e. The van der Waals surface area contributed by atoms with Gasteiger partial charge in [0.15, 0.2) is 0 Å². The maximum atomic E-state index is 4.35. The number of nitrogens with one attached hydrogen (secondary N) is 2. The fraction of sp³-hybridized carbons (Fsp3) is 0. The van der Waals surface area contributed by atoms with Crippen molar-refractivity contribution in [3.63, 3.8) is 0 Å². The minimum atomic E-state index is 0.813. The summed E-state index contributed by atoms with van der Waals surface area (Å²) in [7, 11) is 0. The van der Waals surface area contributed by atoms with E-state index in [1.165, 1.54) is 0 Å². The first kappa shape index (κ1) is 15.8. The van der Waals surface area contributed by atoms with Crippen LogP contribution in [0.2, 0.25) is 0 Å². The van der Waals surface area contributed by atoms with Gasteiger partial charge in [-0.2, -0.15) is 10.2 Å². The zero-order valence-corrected chi connectivity index (χ0v) is 14.1. The number of hydrogen-bond acceptors (Lipinski definition) is 2. The van der Waals surface area contributed by atoms with Crippen LogP contribution in [0.3, 0.4) is 0 Å². The SMILES string of the molecule is C(=C/c1cc(-c2cc(/C=C\c3ccccc3)[nH]n2)n[nH]1)/c1ccccc1. The lowest BCUT2D eigenvalue weighted by atomic mass is 10.2. The van der Waals surface area contributed by atoms with Gasteiger partial charge in [-0.15, -0.1) is 0 Å². The van der Waals surface area contributed by atoms with Crippen molar-refractivity contribution in [3.05, 3.63) is 95.3 Å². The fourth-order valence-corrected chi connectivity index (χ4v) is 2.61. The van der Waals surface area contributed by atoms with Gasteiger partial charge in [-0.05, 0) is 35.4 Å². The van der Waals surface area contributed by atoms with Crippen LogP contribution in [0.5, 0.6) is 0 Å². The molecule has 2 N–H and O–H groups in total. The van der Waals surface area contributed by atoms with Crippen LogP contribution in [0.15, 0.2) is 72.8 Å². The van der Waals surface area contributed by atoms with Crippen molar-refractivity contribution in [3.8, 4) is 11.4 Å². The highest BCUT2D eigenvalue weighted by atomic mass is 15.2. The first-order valence-electron chi connectivity index (χ1n) is 8.44. The Labute approximate surface area is 151 Å². The molecule has 0 atom stereocenters. The molecule has 0 spiro atoms. The van der Waals surface area contributed by atoms with E-state index in [9.17, 15) is 0 Å². The van der Waals surface area contributed by atoms with Crippen molar-refractivity contribution in [2.75, 3.05) is 0 Å². The van der Waals surface area contributed by atoms with Crippen LogP contribution in [-0.4, -0.2) is 20.4 Å². The number of benzene rings is 2. The second-order valence-electron chi connectivity index (χ2n) is 5.91. The zero-order chi connectivity index (χ0) is 17.6. The molecule has 0 aliphatic carbocycles. The van der Waals surface area contributed by atoms with Crippen molar-refractivity contribution in [1.82, 2.24) is 20.4 Å². The highest BCUT2D eigenvalue weighted by Crippen LogP contribution is 2.18. The first-order valence-corrected chi connectivity index (χ1v) is 8.44. The van der Waals surface area contributed by atoms with Gasteiger partial charge in [-0.25, -0.2) is 0 Å². The van der Waals surface area contributed by atoms with Crippen LogP contribution in [0.1, 0.15) is 22.5 Å². The molecule has 0 bridgehead atoms. The van der Waals surface area contributed by atoms with E-state index in [0.717, 1.165) is 33.9 Å². The lowest BCUT2D eigenvalue weighted by Crippen LogP contribution is -1.76. The molecule has 0 amide bonds. The van der Waals surface area contributed by atoms with Crippen molar-refractivity contribution in [2.24, 2.45) is 0 Å². The summed E-state index contributed by atoms with van der Waals surface area (Å²) in [6.07, 6.45) is 8.12. The van der Waals surface area contributed by atoms with Crippen LogP contribution in [0, 0.1) is 0 Å². The second-order valence-corrected chi connectivity index (χ2v) is 5.91. The smallest absolute Gasteiger partial charge is 0.113 e. The van der Waals surface area contributed by atoms with E-state index >= 15 is 0 Å². The predicted octanol–water partition coefficient (Wildman–Crippen LogP) is 5.14. The van der Waals surface area contributed by atoms with Gasteiger partial charge in [0.25, 0.3) is 0 Å². The van der Waals surface area contributed by atoms with E-state index in [1.807, 2.05) is 60.7 Å². The zero-order valence-electron chi connectivity index (χ0n) is 14.1. The Kier molecular flexibility index (Phi) is 4.56. The third kappa shape index (κ3) is 3.87. The van der Waals surface area contributed by atoms with E-state index in [1.54, 1.807) is 0 Å². The third-order valence-corrected chi connectivity index (χ3v) is 3.97. The molecule has 2 heterocycles. The largest absolute Gasteiger partial charge is 0.278 e. The summed E-state index contributed by atoms with van der Waals surface area (Å²) in [6.45, 7) is 0. The van der Waals surface area contributed by atoms with Gasteiger partial charge < -0.3 is 0 Å². The average Bonchev–Trinajstić information content (AvgIpc) is 3.36. The normalized spacial score (nSPS) is 11.5. The van der Waals surface area contributed by atoms with Gasteiger partial charge in [0.05, 0.1) is 11.4 Å². The summed E-state index contributed by atoms with van der Waals surface area (Å²) >= 11 is 0. The van der Waals surface area contributed by atoms with Gasteiger partial charge in [0, 0.05) is 0 Å². The molecule has 4 heteroatoms. The fourth-order valence-electron chi connectivity index (χ4n) is 2.61. The minimum Gasteiger partial charge on any atom is -0.278 e. The molecule has 26 heavy (non-hydrogen) atoms. The first-order chi connectivity index (χ1) is 12.9. The highest BCUT2D eigenvalue weighted by Gasteiger charge is 2.06. The maximum absolute atomic E-state index is 4.35. The molecular formula is C22H18N4. The lowest BCUT2D eigenvalue weighted by molar-refractivity contribution is 1.05. The predicted molar refractivity (Wildman–Crippen MR) is 107 cm³/mol. The summed E-state index contributed by atoms with van der Waals surface area (Å²) in [6, 6.07) is 24.3. The molecule has 2 aromatic carbocycles. The molecule has 4 rings (SSSR count).